The highest BCUT2D eigenvalue weighted by atomic mass is 79.9. The zero-order chi connectivity index (χ0) is 20.2. The number of ether oxygens (including phenoxy) is 1. The van der Waals surface area contributed by atoms with Gasteiger partial charge in [0.05, 0.1) is 18.0 Å². The Morgan fingerprint density at radius 2 is 1.78 bits per heavy atom. The van der Waals surface area contributed by atoms with Gasteiger partial charge in [0, 0.05) is 29.6 Å². The summed E-state index contributed by atoms with van der Waals surface area (Å²) in [6.45, 7) is 10.1. The average Bonchev–Trinajstić information content (AvgIpc) is 2.54. The van der Waals surface area contributed by atoms with E-state index < -0.39 is 21.5 Å². The summed E-state index contributed by atoms with van der Waals surface area (Å²) < 4.78 is 31.3. The molecule has 0 spiro atoms. The van der Waals surface area contributed by atoms with Crippen molar-refractivity contribution in [3.8, 4) is 0 Å². The molecule has 8 heteroatoms. The van der Waals surface area contributed by atoms with E-state index in [0.717, 1.165) is 17.6 Å². The number of carbonyl (C=O) groups is 1. The summed E-state index contributed by atoms with van der Waals surface area (Å²) in [5, 5.41) is 2.79. The number of hydrogen-bond donors (Lipinski definition) is 1. The van der Waals surface area contributed by atoms with Crippen molar-refractivity contribution in [1.29, 1.82) is 0 Å². The van der Waals surface area contributed by atoms with Crippen molar-refractivity contribution in [2.24, 2.45) is 0 Å². The fraction of sp³-hybridized carbons (Fsp3) is 0.632. The van der Waals surface area contributed by atoms with Gasteiger partial charge in [0.25, 0.3) is 0 Å². The van der Waals surface area contributed by atoms with E-state index in [-0.39, 0.29) is 23.5 Å². The lowest BCUT2D eigenvalue weighted by atomic mass is 10.00. The molecular formula is C19H29BrN2O4S. The smallest absolute Gasteiger partial charge is 0.235 e. The predicted octanol–water partition coefficient (Wildman–Crippen LogP) is 2.37. The largest absolute Gasteiger partial charge is 0.373 e. The van der Waals surface area contributed by atoms with Crippen molar-refractivity contribution in [2.45, 2.75) is 51.2 Å². The number of carbonyl (C=O) groups excluding carboxylic acids is 1. The van der Waals surface area contributed by atoms with Crippen LogP contribution in [0.2, 0.25) is 0 Å². The van der Waals surface area contributed by atoms with Crippen LogP contribution in [-0.4, -0.2) is 62.4 Å². The van der Waals surface area contributed by atoms with Gasteiger partial charge in [-0.1, -0.05) is 28.1 Å². The first-order chi connectivity index (χ1) is 12.5. The van der Waals surface area contributed by atoms with Crippen LogP contribution in [0.25, 0.3) is 0 Å². The van der Waals surface area contributed by atoms with E-state index in [9.17, 15) is 13.2 Å². The summed E-state index contributed by atoms with van der Waals surface area (Å²) in [4.78, 5) is 14.5. The molecule has 152 valence electrons. The quantitative estimate of drug-likeness (QED) is 0.675. The van der Waals surface area contributed by atoms with Crippen molar-refractivity contribution in [3.63, 3.8) is 0 Å². The van der Waals surface area contributed by atoms with Crippen LogP contribution in [0, 0.1) is 0 Å². The lowest BCUT2D eigenvalue weighted by Crippen LogP contribution is -2.59. The third-order valence-corrected chi connectivity index (χ3v) is 6.65. The van der Waals surface area contributed by atoms with Crippen molar-refractivity contribution in [3.05, 3.63) is 34.3 Å². The highest BCUT2D eigenvalue weighted by Gasteiger charge is 2.33. The fourth-order valence-corrected chi connectivity index (χ4v) is 4.80. The SMILES string of the molecule is CC1CN(C(C)(C)CNC(=O)CS(=O)(=O)Cc2ccc(Br)cc2)CC(C)O1. The first-order valence-corrected chi connectivity index (χ1v) is 11.7. The third-order valence-electron chi connectivity index (χ3n) is 4.64. The Balaban J connectivity index is 1.87. The van der Waals surface area contributed by atoms with E-state index in [1.807, 2.05) is 27.7 Å². The number of amides is 1. The molecule has 0 aromatic heterocycles. The molecule has 0 bridgehead atoms. The zero-order valence-corrected chi connectivity index (χ0v) is 18.8. The molecule has 1 heterocycles. The summed E-state index contributed by atoms with van der Waals surface area (Å²) in [7, 11) is -3.52. The molecule has 1 aromatic rings. The maximum Gasteiger partial charge on any atom is 0.235 e. The van der Waals surface area contributed by atoms with Gasteiger partial charge >= 0.3 is 0 Å². The van der Waals surface area contributed by atoms with Crippen LogP contribution in [0.1, 0.15) is 33.3 Å². The molecule has 2 rings (SSSR count). The van der Waals surface area contributed by atoms with Crippen LogP contribution >= 0.6 is 15.9 Å². The van der Waals surface area contributed by atoms with Crippen LogP contribution in [0.5, 0.6) is 0 Å². The van der Waals surface area contributed by atoms with Crippen molar-refractivity contribution >= 4 is 31.7 Å². The molecule has 1 fully saturated rings. The summed E-state index contributed by atoms with van der Waals surface area (Å²) in [5.74, 6) is -1.11. The molecule has 1 saturated heterocycles. The van der Waals surface area contributed by atoms with E-state index in [1.54, 1.807) is 24.3 Å². The Kier molecular flexibility index (Phi) is 7.47. The molecule has 0 aliphatic carbocycles. The predicted molar refractivity (Wildman–Crippen MR) is 110 cm³/mol. The first-order valence-electron chi connectivity index (χ1n) is 9.09. The number of halogens is 1. The fourth-order valence-electron chi connectivity index (χ4n) is 3.24. The molecule has 1 aliphatic heterocycles. The second kappa shape index (κ2) is 9.03. The molecule has 6 nitrogen and oxygen atoms in total. The van der Waals surface area contributed by atoms with Gasteiger partial charge in [-0.15, -0.1) is 0 Å². The topological polar surface area (TPSA) is 75.7 Å². The van der Waals surface area contributed by atoms with Crippen LogP contribution in [-0.2, 0) is 25.1 Å². The zero-order valence-electron chi connectivity index (χ0n) is 16.4. The van der Waals surface area contributed by atoms with E-state index in [1.165, 1.54) is 0 Å². The van der Waals surface area contributed by atoms with E-state index in [4.69, 9.17) is 4.74 Å². The van der Waals surface area contributed by atoms with Crippen LogP contribution in [0.3, 0.4) is 0 Å². The molecule has 0 saturated carbocycles. The normalized spacial score (nSPS) is 21.8. The Labute approximate surface area is 170 Å². The highest BCUT2D eigenvalue weighted by Crippen LogP contribution is 2.20. The number of benzene rings is 1. The number of sulfone groups is 1. The number of morpholine rings is 1. The second-order valence-electron chi connectivity index (χ2n) is 7.91. The Bertz CT molecular complexity index is 739. The third kappa shape index (κ3) is 7.18. The maximum absolute atomic E-state index is 12.3. The minimum absolute atomic E-state index is 0.134. The lowest BCUT2D eigenvalue weighted by Gasteiger charge is -2.45. The van der Waals surface area contributed by atoms with Crippen LogP contribution in [0.4, 0.5) is 0 Å². The Morgan fingerprint density at radius 3 is 2.33 bits per heavy atom. The van der Waals surface area contributed by atoms with Gasteiger partial charge in [0.1, 0.15) is 5.75 Å². The van der Waals surface area contributed by atoms with Crippen molar-refractivity contribution < 1.29 is 17.9 Å². The van der Waals surface area contributed by atoms with Gasteiger partial charge in [-0.3, -0.25) is 9.69 Å². The molecular weight excluding hydrogens is 432 g/mol. The average molecular weight is 461 g/mol. The summed E-state index contributed by atoms with van der Waals surface area (Å²) in [5.41, 5.74) is 0.389. The molecule has 1 N–H and O–H groups in total. The molecule has 0 radical (unpaired) electrons. The number of hydrogen-bond acceptors (Lipinski definition) is 5. The van der Waals surface area contributed by atoms with Crippen LogP contribution < -0.4 is 5.32 Å². The summed E-state index contributed by atoms with van der Waals surface area (Å²) in [6.07, 6.45) is 0.269. The van der Waals surface area contributed by atoms with Gasteiger partial charge in [-0.2, -0.15) is 0 Å². The number of nitrogens with one attached hydrogen (secondary N) is 1. The second-order valence-corrected chi connectivity index (χ2v) is 10.9. The monoisotopic (exact) mass is 460 g/mol. The maximum atomic E-state index is 12.3. The lowest BCUT2D eigenvalue weighted by molar-refractivity contribution is -0.120. The summed E-state index contributed by atoms with van der Waals surface area (Å²) >= 11 is 3.32. The van der Waals surface area contributed by atoms with E-state index in [0.29, 0.717) is 12.1 Å². The number of nitrogens with zero attached hydrogens (tertiary/aromatic N) is 1. The molecule has 2 atom stereocenters. The highest BCUT2D eigenvalue weighted by molar-refractivity contribution is 9.10. The minimum atomic E-state index is -3.52. The van der Waals surface area contributed by atoms with Gasteiger partial charge in [-0.25, -0.2) is 8.42 Å². The van der Waals surface area contributed by atoms with Gasteiger partial charge < -0.3 is 10.1 Å². The van der Waals surface area contributed by atoms with Crippen LogP contribution in [0.15, 0.2) is 28.7 Å². The van der Waals surface area contributed by atoms with Gasteiger partial charge in [-0.05, 0) is 45.4 Å². The molecule has 27 heavy (non-hydrogen) atoms. The van der Waals surface area contributed by atoms with E-state index >= 15 is 0 Å². The van der Waals surface area contributed by atoms with Crippen molar-refractivity contribution in [1.82, 2.24) is 10.2 Å². The Morgan fingerprint density at radius 1 is 1.22 bits per heavy atom. The Hall–Kier alpha value is -0.960. The molecule has 1 amide bonds. The number of rotatable bonds is 7. The minimum Gasteiger partial charge on any atom is -0.373 e. The molecule has 1 aromatic carbocycles. The van der Waals surface area contributed by atoms with E-state index in [2.05, 4.69) is 26.1 Å². The molecule has 2 unspecified atom stereocenters. The van der Waals surface area contributed by atoms with Gasteiger partial charge in [0.2, 0.25) is 5.91 Å². The molecule has 1 aliphatic rings. The standard InChI is InChI=1S/C19H29BrN2O4S/c1-14-9-22(10-15(2)26-14)19(3,4)13-21-18(23)12-27(24,25)11-16-5-7-17(20)8-6-16/h5-8,14-15H,9-13H2,1-4H3,(H,21,23). The summed E-state index contributed by atoms with van der Waals surface area (Å²) in [6, 6.07) is 7.06. The first kappa shape index (κ1) is 22.3. The van der Waals surface area contributed by atoms with Crippen molar-refractivity contribution in [2.75, 3.05) is 25.4 Å². The van der Waals surface area contributed by atoms with Gasteiger partial charge in [0.15, 0.2) is 9.84 Å².